The summed E-state index contributed by atoms with van der Waals surface area (Å²) in [5, 5.41) is 11.3. The monoisotopic (exact) mass is 498 g/mol. The minimum Gasteiger partial charge on any atom is -0.507 e. The zero-order valence-corrected chi connectivity index (χ0v) is 21.7. The maximum Gasteiger partial charge on any atom is 0.296 e. The Hall–Kier alpha value is -3.93. The molecular weight excluding hydrogens is 464 g/mol. The second-order valence-electron chi connectivity index (χ2n) is 9.65. The van der Waals surface area contributed by atoms with Gasteiger partial charge in [-0.3, -0.25) is 14.6 Å². The lowest BCUT2D eigenvalue weighted by molar-refractivity contribution is -0.140. The van der Waals surface area contributed by atoms with Gasteiger partial charge < -0.3 is 14.7 Å². The van der Waals surface area contributed by atoms with Gasteiger partial charge in [0.15, 0.2) is 0 Å². The van der Waals surface area contributed by atoms with Crippen LogP contribution in [-0.4, -0.2) is 33.3 Å². The number of hydrogen-bond donors (Lipinski definition) is 1. The number of pyridine rings is 1. The van der Waals surface area contributed by atoms with E-state index in [9.17, 15) is 14.7 Å². The summed E-state index contributed by atoms with van der Waals surface area (Å²) in [6.45, 7) is 7.15. The van der Waals surface area contributed by atoms with E-state index in [1.165, 1.54) is 4.90 Å². The average molecular weight is 499 g/mol. The van der Waals surface area contributed by atoms with Crippen LogP contribution in [0.2, 0.25) is 0 Å². The summed E-state index contributed by atoms with van der Waals surface area (Å²) in [6.07, 6.45) is 4.86. The van der Waals surface area contributed by atoms with E-state index >= 15 is 0 Å². The van der Waals surface area contributed by atoms with Gasteiger partial charge in [-0.1, -0.05) is 63.9 Å². The van der Waals surface area contributed by atoms with Crippen LogP contribution in [-0.2, 0) is 16.1 Å². The largest absolute Gasteiger partial charge is 0.507 e. The van der Waals surface area contributed by atoms with E-state index in [0.29, 0.717) is 29.5 Å². The smallest absolute Gasteiger partial charge is 0.296 e. The Labute approximate surface area is 218 Å². The van der Waals surface area contributed by atoms with Crippen LogP contribution in [0.4, 0.5) is 0 Å². The first-order valence-corrected chi connectivity index (χ1v) is 12.9. The normalized spacial score (nSPS) is 17.0. The Bertz CT molecular complexity index is 1250. The summed E-state index contributed by atoms with van der Waals surface area (Å²) in [6, 6.07) is 19.6. The summed E-state index contributed by atoms with van der Waals surface area (Å²) in [7, 11) is 0. The number of rotatable bonds is 10. The number of Topliss-reactive ketones (excluding diaryl/α,β-unsaturated/α-hetero) is 1. The Morgan fingerprint density at radius 3 is 2.35 bits per heavy atom. The fourth-order valence-electron chi connectivity index (χ4n) is 4.53. The molecule has 1 saturated heterocycles. The lowest BCUT2D eigenvalue weighted by Gasteiger charge is -2.25. The molecule has 1 aliphatic heterocycles. The van der Waals surface area contributed by atoms with Gasteiger partial charge in [0.05, 0.1) is 30.5 Å². The topological polar surface area (TPSA) is 79.7 Å². The summed E-state index contributed by atoms with van der Waals surface area (Å²) in [4.78, 5) is 32.4. The number of aromatic nitrogens is 1. The number of nitrogens with zero attached hydrogens (tertiary/aromatic N) is 2. The van der Waals surface area contributed by atoms with E-state index in [4.69, 9.17) is 4.74 Å². The molecule has 2 heterocycles. The molecule has 1 atom stereocenters. The fourth-order valence-corrected chi connectivity index (χ4v) is 4.53. The number of unbranched alkanes of at least 4 members (excludes halogenated alkanes) is 2. The molecule has 1 unspecified atom stereocenters. The zero-order valence-electron chi connectivity index (χ0n) is 21.7. The molecule has 0 saturated carbocycles. The molecule has 1 amide bonds. The van der Waals surface area contributed by atoms with Gasteiger partial charge in [0.25, 0.3) is 11.7 Å². The van der Waals surface area contributed by atoms with Gasteiger partial charge in [0.2, 0.25) is 0 Å². The quantitative estimate of drug-likeness (QED) is 0.151. The Balaban J connectivity index is 1.71. The second-order valence-corrected chi connectivity index (χ2v) is 9.65. The molecule has 1 N–H and O–H groups in total. The standard InChI is InChI=1S/C31H34N2O4/c1-4-5-8-19-37-26-16-14-24(15-17-26)29(34)27-28(23-12-10-22(11-13-23)21(2)3)33(31(36)30(27)35)20-25-9-6-7-18-32-25/h6-7,9-18,21,28,34H,4-5,8,19-20H2,1-3H3/b29-27+. The molecule has 0 radical (unpaired) electrons. The predicted octanol–water partition coefficient (Wildman–Crippen LogP) is 6.40. The van der Waals surface area contributed by atoms with Crippen molar-refractivity contribution in [2.45, 2.75) is 58.5 Å². The molecule has 1 fully saturated rings. The number of aliphatic hydroxyl groups is 1. The number of ketones is 1. The highest BCUT2D eigenvalue weighted by Crippen LogP contribution is 2.40. The van der Waals surface area contributed by atoms with Crippen LogP contribution >= 0.6 is 0 Å². The third-order valence-electron chi connectivity index (χ3n) is 6.66. The molecule has 6 heteroatoms. The molecular formula is C31H34N2O4. The van der Waals surface area contributed by atoms with Crippen molar-refractivity contribution >= 4 is 17.4 Å². The molecule has 0 aliphatic carbocycles. The van der Waals surface area contributed by atoms with Crippen LogP contribution in [0.1, 0.15) is 74.4 Å². The van der Waals surface area contributed by atoms with Crippen molar-refractivity contribution in [3.8, 4) is 5.75 Å². The van der Waals surface area contributed by atoms with Gasteiger partial charge in [0.1, 0.15) is 11.5 Å². The first-order chi connectivity index (χ1) is 17.9. The van der Waals surface area contributed by atoms with E-state index in [-0.39, 0.29) is 17.9 Å². The van der Waals surface area contributed by atoms with Crippen LogP contribution < -0.4 is 4.74 Å². The van der Waals surface area contributed by atoms with E-state index in [0.717, 1.165) is 30.4 Å². The number of carbonyl (C=O) groups excluding carboxylic acids is 2. The summed E-state index contributed by atoms with van der Waals surface area (Å²) < 4.78 is 5.78. The lowest BCUT2D eigenvalue weighted by Crippen LogP contribution is -2.29. The van der Waals surface area contributed by atoms with Crippen molar-refractivity contribution in [2.24, 2.45) is 0 Å². The third-order valence-corrected chi connectivity index (χ3v) is 6.66. The summed E-state index contributed by atoms with van der Waals surface area (Å²) in [5.74, 6) is -0.509. The van der Waals surface area contributed by atoms with Crippen molar-refractivity contribution in [3.05, 3.63) is 101 Å². The number of carbonyl (C=O) groups is 2. The third kappa shape index (κ3) is 5.91. The Morgan fingerprint density at radius 1 is 1.00 bits per heavy atom. The molecule has 0 bridgehead atoms. The van der Waals surface area contributed by atoms with Crippen LogP contribution in [0.5, 0.6) is 5.75 Å². The maximum absolute atomic E-state index is 13.3. The van der Waals surface area contributed by atoms with Crippen molar-refractivity contribution in [3.63, 3.8) is 0 Å². The predicted molar refractivity (Wildman–Crippen MR) is 144 cm³/mol. The molecule has 0 spiro atoms. The minimum absolute atomic E-state index is 0.0786. The first kappa shape index (κ1) is 26.1. The molecule has 6 nitrogen and oxygen atoms in total. The van der Waals surface area contributed by atoms with Crippen LogP contribution in [0, 0.1) is 0 Å². The van der Waals surface area contributed by atoms with E-state index in [1.54, 1.807) is 36.5 Å². The minimum atomic E-state index is -0.729. The second kappa shape index (κ2) is 11.9. The molecule has 2 aromatic carbocycles. The zero-order chi connectivity index (χ0) is 26.4. The average Bonchev–Trinajstić information content (AvgIpc) is 3.16. The summed E-state index contributed by atoms with van der Waals surface area (Å²) >= 11 is 0. The highest BCUT2D eigenvalue weighted by atomic mass is 16.5. The van der Waals surface area contributed by atoms with E-state index < -0.39 is 17.7 Å². The lowest BCUT2D eigenvalue weighted by atomic mass is 9.93. The highest BCUT2D eigenvalue weighted by Gasteiger charge is 2.46. The van der Waals surface area contributed by atoms with Gasteiger partial charge in [-0.15, -0.1) is 0 Å². The fraction of sp³-hybridized carbons (Fsp3) is 0.323. The van der Waals surface area contributed by atoms with E-state index in [2.05, 4.69) is 25.8 Å². The summed E-state index contributed by atoms with van der Waals surface area (Å²) in [5.41, 5.74) is 3.12. The van der Waals surface area contributed by atoms with Crippen molar-refractivity contribution < 1.29 is 19.4 Å². The van der Waals surface area contributed by atoms with Crippen LogP contribution in [0.15, 0.2) is 78.5 Å². The first-order valence-electron chi connectivity index (χ1n) is 12.9. The van der Waals surface area contributed by atoms with Gasteiger partial charge in [-0.25, -0.2) is 0 Å². The van der Waals surface area contributed by atoms with Crippen molar-refractivity contribution in [1.82, 2.24) is 9.88 Å². The van der Waals surface area contributed by atoms with Gasteiger partial charge in [0, 0.05) is 11.8 Å². The molecule has 37 heavy (non-hydrogen) atoms. The number of benzene rings is 2. The molecule has 4 rings (SSSR count). The maximum atomic E-state index is 13.3. The van der Waals surface area contributed by atoms with Crippen molar-refractivity contribution in [2.75, 3.05) is 6.61 Å². The molecule has 192 valence electrons. The van der Waals surface area contributed by atoms with E-state index in [1.807, 2.05) is 36.4 Å². The van der Waals surface area contributed by atoms with Crippen LogP contribution in [0.25, 0.3) is 5.76 Å². The number of ether oxygens (including phenoxy) is 1. The number of aliphatic hydroxyl groups excluding tert-OH is 1. The Kier molecular flexibility index (Phi) is 8.39. The molecule has 3 aromatic rings. The van der Waals surface area contributed by atoms with Gasteiger partial charge >= 0.3 is 0 Å². The number of likely N-dealkylation sites (tertiary alicyclic amines) is 1. The Morgan fingerprint density at radius 2 is 1.73 bits per heavy atom. The van der Waals surface area contributed by atoms with Gasteiger partial charge in [-0.05, 0) is 59.9 Å². The number of amides is 1. The highest BCUT2D eigenvalue weighted by molar-refractivity contribution is 6.46. The molecule has 1 aliphatic rings. The SMILES string of the molecule is CCCCCOc1ccc(/C(O)=C2\C(=O)C(=O)N(Cc3ccccn3)C2c2ccc(C(C)C)cc2)cc1. The van der Waals surface area contributed by atoms with Gasteiger partial charge in [-0.2, -0.15) is 0 Å². The van der Waals surface area contributed by atoms with Crippen LogP contribution in [0.3, 0.4) is 0 Å². The van der Waals surface area contributed by atoms with Crippen molar-refractivity contribution in [1.29, 1.82) is 0 Å². The molecule has 1 aromatic heterocycles. The number of hydrogen-bond acceptors (Lipinski definition) is 5.